The van der Waals surface area contributed by atoms with Gasteiger partial charge in [0.1, 0.15) is 11.4 Å². The summed E-state index contributed by atoms with van der Waals surface area (Å²) < 4.78 is 1.43. The quantitative estimate of drug-likeness (QED) is 0.219. The molecule has 2 heterocycles. The van der Waals surface area contributed by atoms with E-state index >= 15 is 0 Å². The summed E-state index contributed by atoms with van der Waals surface area (Å²) in [6.07, 6.45) is 5.58. The Morgan fingerprint density at radius 2 is 1.73 bits per heavy atom. The van der Waals surface area contributed by atoms with E-state index in [0.29, 0.717) is 34.5 Å². The van der Waals surface area contributed by atoms with Crippen LogP contribution in [-0.2, 0) is 6.54 Å². The molecule has 3 N–H and O–H groups in total. The van der Waals surface area contributed by atoms with Crippen molar-refractivity contribution in [1.29, 1.82) is 0 Å². The SMILES string of the molecule is Cc1ccc(CNC(=O)n2nc(-c3cc(NC(=O)c4cnc5ccccc5n4)ccc3O)cc2C2CCCC2)cc1. The van der Waals surface area contributed by atoms with Gasteiger partial charge in [-0.1, -0.05) is 54.8 Å². The molecule has 9 heteroatoms. The number of amides is 2. The third kappa shape index (κ3) is 5.65. The lowest BCUT2D eigenvalue weighted by molar-refractivity contribution is 0.102. The lowest BCUT2D eigenvalue weighted by atomic mass is 10.0. The summed E-state index contributed by atoms with van der Waals surface area (Å²) in [5, 5.41) is 21.2. The van der Waals surface area contributed by atoms with Gasteiger partial charge >= 0.3 is 6.03 Å². The van der Waals surface area contributed by atoms with E-state index in [-0.39, 0.29) is 23.4 Å². The number of phenols is 1. The second-order valence-electron chi connectivity index (χ2n) is 10.4. The standard InChI is InChI=1S/C32H30N6O3/c1-20-10-12-21(13-11-20)18-34-32(41)38-29(22-6-2-3-7-22)17-27(37-38)24-16-23(14-15-30(24)39)35-31(40)28-19-33-25-8-4-5-9-26(25)36-28/h4-5,8-17,19,22,39H,2-3,6-7,18H2,1H3,(H,34,41)(H,35,40). The van der Waals surface area contributed by atoms with E-state index in [1.165, 1.54) is 16.9 Å². The number of aromatic nitrogens is 4. The Morgan fingerprint density at radius 1 is 0.976 bits per heavy atom. The molecule has 3 aromatic carbocycles. The number of rotatable bonds is 6. The summed E-state index contributed by atoms with van der Waals surface area (Å²) >= 11 is 0. The molecule has 2 aromatic heterocycles. The number of aryl methyl sites for hydroxylation is 1. The molecule has 1 saturated carbocycles. The second-order valence-corrected chi connectivity index (χ2v) is 10.4. The molecule has 0 aliphatic heterocycles. The smallest absolute Gasteiger partial charge is 0.342 e. The Morgan fingerprint density at radius 3 is 2.51 bits per heavy atom. The first-order valence-electron chi connectivity index (χ1n) is 13.7. The zero-order valence-electron chi connectivity index (χ0n) is 22.7. The number of para-hydroxylation sites is 2. The van der Waals surface area contributed by atoms with E-state index in [2.05, 4.69) is 25.7 Å². The van der Waals surface area contributed by atoms with Gasteiger partial charge in [-0.25, -0.2) is 9.78 Å². The van der Waals surface area contributed by atoms with Gasteiger partial charge in [0.2, 0.25) is 0 Å². The molecule has 5 aromatic rings. The Bertz CT molecular complexity index is 1740. The Balaban J connectivity index is 1.26. The average molecular weight is 547 g/mol. The van der Waals surface area contributed by atoms with E-state index in [0.717, 1.165) is 42.5 Å². The normalized spacial score (nSPS) is 13.4. The molecule has 41 heavy (non-hydrogen) atoms. The minimum atomic E-state index is -0.424. The number of hydrogen-bond donors (Lipinski definition) is 3. The van der Waals surface area contributed by atoms with Crippen LogP contribution in [0.15, 0.2) is 79.0 Å². The molecule has 206 valence electrons. The van der Waals surface area contributed by atoms with Crippen molar-refractivity contribution in [3.05, 3.63) is 102 Å². The highest BCUT2D eigenvalue weighted by molar-refractivity contribution is 6.04. The number of aromatic hydroxyl groups is 1. The highest BCUT2D eigenvalue weighted by atomic mass is 16.3. The minimum Gasteiger partial charge on any atom is -0.507 e. The van der Waals surface area contributed by atoms with Gasteiger partial charge in [0.15, 0.2) is 0 Å². The van der Waals surface area contributed by atoms with Crippen LogP contribution in [-0.4, -0.2) is 36.8 Å². The van der Waals surface area contributed by atoms with Crippen LogP contribution < -0.4 is 10.6 Å². The fraction of sp³-hybridized carbons (Fsp3) is 0.219. The summed E-state index contributed by atoms with van der Waals surface area (Å²) in [4.78, 5) is 35.0. The van der Waals surface area contributed by atoms with Gasteiger partial charge < -0.3 is 15.7 Å². The van der Waals surface area contributed by atoms with Crippen molar-refractivity contribution < 1.29 is 14.7 Å². The Labute approximate surface area is 237 Å². The van der Waals surface area contributed by atoms with Crippen LogP contribution >= 0.6 is 0 Å². The molecular weight excluding hydrogens is 516 g/mol. The topological polar surface area (TPSA) is 122 Å². The van der Waals surface area contributed by atoms with Crippen LogP contribution in [0.4, 0.5) is 10.5 Å². The molecule has 0 spiro atoms. The van der Waals surface area contributed by atoms with Gasteiger partial charge in [-0.05, 0) is 61.7 Å². The van der Waals surface area contributed by atoms with Gasteiger partial charge in [0.25, 0.3) is 5.91 Å². The van der Waals surface area contributed by atoms with Gasteiger partial charge in [-0.15, -0.1) is 0 Å². The molecule has 1 aliphatic carbocycles. The zero-order valence-corrected chi connectivity index (χ0v) is 22.7. The van der Waals surface area contributed by atoms with Gasteiger partial charge in [0, 0.05) is 23.7 Å². The molecular formula is C32H30N6O3. The number of nitrogens with zero attached hydrogens (tertiary/aromatic N) is 4. The average Bonchev–Trinajstić information content (AvgIpc) is 3.68. The molecule has 0 unspecified atom stereocenters. The van der Waals surface area contributed by atoms with E-state index in [9.17, 15) is 14.7 Å². The van der Waals surface area contributed by atoms with Crippen LogP contribution in [0.2, 0.25) is 0 Å². The van der Waals surface area contributed by atoms with Crippen molar-refractivity contribution in [2.24, 2.45) is 0 Å². The molecule has 0 atom stereocenters. The molecule has 6 rings (SSSR count). The number of carbonyl (C=O) groups excluding carboxylic acids is 2. The molecule has 9 nitrogen and oxygen atoms in total. The number of carbonyl (C=O) groups is 2. The molecule has 0 radical (unpaired) electrons. The Hall–Kier alpha value is -5.05. The van der Waals surface area contributed by atoms with Crippen molar-refractivity contribution in [1.82, 2.24) is 25.1 Å². The first-order valence-corrected chi connectivity index (χ1v) is 13.7. The number of phenolic OH excluding ortho intramolecular Hbond substituents is 1. The Kier molecular flexibility index (Phi) is 7.16. The fourth-order valence-electron chi connectivity index (χ4n) is 5.24. The zero-order chi connectivity index (χ0) is 28.3. The van der Waals surface area contributed by atoms with Crippen molar-refractivity contribution in [3.8, 4) is 17.0 Å². The van der Waals surface area contributed by atoms with Crippen LogP contribution in [0, 0.1) is 6.92 Å². The number of nitrogens with one attached hydrogen (secondary N) is 2. The molecule has 0 bridgehead atoms. The van der Waals surface area contributed by atoms with E-state index in [1.807, 2.05) is 55.5 Å². The van der Waals surface area contributed by atoms with E-state index < -0.39 is 5.91 Å². The van der Waals surface area contributed by atoms with Gasteiger partial charge in [-0.3, -0.25) is 9.78 Å². The molecule has 1 aliphatic rings. The summed E-state index contributed by atoms with van der Waals surface area (Å²) in [6, 6.07) is 21.6. The number of fused-ring (bicyclic) bond motifs is 1. The second kappa shape index (κ2) is 11.2. The third-order valence-electron chi connectivity index (χ3n) is 7.48. The van der Waals surface area contributed by atoms with Gasteiger partial charge in [0.05, 0.1) is 28.6 Å². The minimum absolute atomic E-state index is 0.00354. The lowest BCUT2D eigenvalue weighted by Crippen LogP contribution is -2.30. The first kappa shape index (κ1) is 26.2. The summed E-state index contributed by atoms with van der Waals surface area (Å²) in [7, 11) is 0. The van der Waals surface area contributed by atoms with Crippen LogP contribution in [0.3, 0.4) is 0 Å². The highest BCUT2D eigenvalue weighted by Crippen LogP contribution is 2.38. The largest absolute Gasteiger partial charge is 0.507 e. The number of anilines is 1. The maximum atomic E-state index is 13.3. The highest BCUT2D eigenvalue weighted by Gasteiger charge is 2.26. The summed E-state index contributed by atoms with van der Waals surface area (Å²) in [6.45, 7) is 2.40. The van der Waals surface area contributed by atoms with Crippen molar-refractivity contribution in [2.75, 3.05) is 5.32 Å². The van der Waals surface area contributed by atoms with Crippen LogP contribution in [0.5, 0.6) is 5.75 Å². The summed E-state index contributed by atoms with van der Waals surface area (Å²) in [5.41, 5.74) is 5.80. The maximum absolute atomic E-state index is 13.3. The lowest BCUT2D eigenvalue weighted by Gasteiger charge is -2.12. The molecule has 1 fully saturated rings. The first-order chi connectivity index (χ1) is 19.9. The van der Waals surface area contributed by atoms with Crippen LogP contribution in [0.1, 0.15) is 58.9 Å². The van der Waals surface area contributed by atoms with Crippen molar-refractivity contribution in [3.63, 3.8) is 0 Å². The maximum Gasteiger partial charge on any atom is 0.342 e. The fourth-order valence-corrected chi connectivity index (χ4v) is 5.24. The van der Waals surface area contributed by atoms with Crippen molar-refractivity contribution >= 4 is 28.7 Å². The third-order valence-corrected chi connectivity index (χ3v) is 7.48. The van der Waals surface area contributed by atoms with E-state index in [4.69, 9.17) is 0 Å². The summed E-state index contributed by atoms with van der Waals surface area (Å²) in [5.74, 6) is -0.221. The number of benzene rings is 3. The van der Waals surface area contributed by atoms with Crippen molar-refractivity contribution in [2.45, 2.75) is 45.1 Å². The number of hydrogen-bond acceptors (Lipinski definition) is 6. The predicted molar refractivity (Wildman–Crippen MR) is 157 cm³/mol. The molecule has 0 saturated heterocycles. The van der Waals surface area contributed by atoms with E-state index in [1.54, 1.807) is 18.2 Å². The molecule has 2 amide bonds. The monoisotopic (exact) mass is 546 g/mol. The van der Waals surface area contributed by atoms with Crippen LogP contribution in [0.25, 0.3) is 22.3 Å². The predicted octanol–water partition coefficient (Wildman–Crippen LogP) is 6.18. The van der Waals surface area contributed by atoms with Gasteiger partial charge in [-0.2, -0.15) is 9.78 Å².